The zero-order valence-electron chi connectivity index (χ0n) is 17.8. The van der Waals surface area contributed by atoms with E-state index in [1.807, 2.05) is 21.0 Å². The van der Waals surface area contributed by atoms with Gasteiger partial charge in [0.05, 0.1) is 37.2 Å². The molecular weight excluding hydrogens is 398 g/mol. The average molecular weight is 424 g/mol. The normalized spacial score (nSPS) is 18.1. The topological polar surface area (TPSA) is 105 Å². The van der Waals surface area contributed by atoms with Crippen molar-refractivity contribution in [3.8, 4) is 0 Å². The lowest BCUT2D eigenvalue weighted by molar-refractivity contribution is -0.858. The van der Waals surface area contributed by atoms with Crippen molar-refractivity contribution in [2.24, 2.45) is 0 Å². The van der Waals surface area contributed by atoms with Crippen LogP contribution in [0.3, 0.4) is 0 Å². The second kappa shape index (κ2) is 9.09. The molecule has 1 fully saturated rings. The molecule has 1 amide bonds. The molecule has 2 N–H and O–H groups in total. The van der Waals surface area contributed by atoms with Gasteiger partial charge in [-0.3, -0.25) is 19.7 Å². The number of carbonyl (C=O) groups excluding carboxylic acids is 2. The third-order valence-corrected chi connectivity index (χ3v) is 5.34. The fraction of sp³-hybridized carbons (Fsp3) is 0.304. The van der Waals surface area contributed by atoms with Crippen LogP contribution < -0.4 is 4.90 Å². The molecule has 1 aliphatic heterocycles. The summed E-state index contributed by atoms with van der Waals surface area (Å²) in [6.07, 6.45) is 0.644. The Morgan fingerprint density at radius 1 is 1.16 bits per heavy atom. The lowest BCUT2D eigenvalue weighted by Gasteiger charge is -2.25. The van der Waals surface area contributed by atoms with Crippen molar-refractivity contribution in [1.29, 1.82) is 0 Å². The zero-order chi connectivity index (χ0) is 22.7. The summed E-state index contributed by atoms with van der Waals surface area (Å²) in [7, 11) is 3.98. The number of nitrogens with zero attached hydrogens (tertiary/aromatic N) is 2. The van der Waals surface area contributed by atoms with Gasteiger partial charge in [0.1, 0.15) is 5.76 Å². The summed E-state index contributed by atoms with van der Waals surface area (Å²) in [5.74, 6) is -1.78. The van der Waals surface area contributed by atoms with Gasteiger partial charge in [-0.2, -0.15) is 0 Å². The van der Waals surface area contributed by atoms with E-state index in [0.29, 0.717) is 24.1 Å². The van der Waals surface area contributed by atoms with Crippen molar-refractivity contribution in [3.05, 3.63) is 80.9 Å². The second-order valence-corrected chi connectivity index (χ2v) is 8.02. The summed E-state index contributed by atoms with van der Waals surface area (Å²) in [4.78, 5) is 39.2. The summed E-state index contributed by atoms with van der Waals surface area (Å²) in [5, 5.41) is 22.3. The standard InChI is InChI=1S/C23H25N3O5/c1-15-8-10-16(11-9-15)21(27)19-20(17-6-4-7-18(14-17)26(30)31)25(23(29)22(19)28)13-5-12-24(2)3/h4,6-11,14,20,27H,5,12-13H2,1-3H3/p+1/t20-/m1/s1. The second-order valence-electron chi connectivity index (χ2n) is 8.02. The smallest absolute Gasteiger partial charge is 0.295 e. The number of benzene rings is 2. The number of rotatable bonds is 7. The van der Waals surface area contributed by atoms with E-state index in [2.05, 4.69) is 0 Å². The first-order valence-electron chi connectivity index (χ1n) is 10.1. The maximum absolute atomic E-state index is 12.9. The number of amides is 1. The minimum absolute atomic E-state index is 0.0495. The Bertz CT molecular complexity index is 1040. The number of hydrogen-bond acceptors (Lipinski definition) is 5. The molecular formula is C23H26N3O5+. The number of likely N-dealkylation sites (tertiary alicyclic amines) is 1. The van der Waals surface area contributed by atoms with Gasteiger partial charge in [-0.25, -0.2) is 0 Å². The van der Waals surface area contributed by atoms with Crippen molar-refractivity contribution in [2.45, 2.75) is 19.4 Å². The molecule has 8 nitrogen and oxygen atoms in total. The number of nitro benzene ring substituents is 1. The number of nitro groups is 1. The van der Waals surface area contributed by atoms with Crippen LogP contribution in [-0.4, -0.2) is 53.8 Å². The number of aryl methyl sites for hydroxylation is 1. The van der Waals surface area contributed by atoms with Gasteiger partial charge in [-0.15, -0.1) is 0 Å². The van der Waals surface area contributed by atoms with E-state index in [0.717, 1.165) is 12.1 Å². The van der Waals surface area contributed by atoms with Crippen molar-refractivity contribution in [3.63, 3.8) is 0 Å². The quantitative estimate of drug-likeness (QED) is 0.232. The van der Waals surface area contributed by atoms with Crippen LogP contribution in [0.5, 0.6) is 0 Å². The first-order valence-corrected chi connectivity index (χ1v) is 10.1. The fourth-order valence-electron chi connectivity index (χ4n) is 3.74. The molecule has 3 rings (SSSR count). The minimum Gasteiger partial charge on any atom is -0.507 e. The van der Waals surface area contributed by atoms with Gasteiger partial charge in [0.25, 0.3) is 17.4 Å². The number of aliphatic hydroxyl groups excluding tert-OH is 1. The van der Waals surface area contributed by atoms with E-state index in [1.165, 1.54) is 28.0 Å². The molecule has 0 spiro atoms. The van der Waals surface area contributed by atoms with Crippen molar-refractivity contribution in [2.75, 3.05) is 27.2 Å². The number of hydrogen-bond donors (Lipinski definition) is 2. The molecule has 2 aromatic carbocycles. The maximum Gasteiger partial charge on any atom is 0.295 e. The number of non-ortho nitro benzene ring substituents is 1. The van der Waals surface area contributed by atoms with Gasteiger partial charge in [-0.1, -0.05) is 42.0 Å². The van der Waals surface area contributed by atoms with Gasteiger partial charge in [0, 0.05) is 30.7 Å². The molecule has 0 bridgehead atoms. The number of carbonyl (C=O) groups is 2. The first-order chi connectivity index (χ1) is 14.7. The van der Waals surface area contributed by atoms with E-state index >= 15 is 0 Å². The van der Waals surface area contributed by atoms with Crippen molar-refractivity contribution >= 4 is 23.1 Å². The van der Waals surface area contributed by atoms with Crippen LogP contribution >= 0.6 is 0 Å². The van der Waals surface area contributed by atoms with Crippen LogP contribution in [0.4, 0.5) is 5.69 Å². The summed E-state index contributed by atoms with van der Waals surface area (Å²) in [6, 6.07) is 11.9. The Morgan fingerprint density at radius 3 is 2.45 bits per heavy atom. The third kappa shape index (κ3) is 4.64. The zero-order valence-corrected chi connectivity index (χ0v) is 17.8. The molecule has 0 saturated carbocycles. The van der Waals surface area contributed by atoms with Gasteiger partial charge < -0.3 is 14.9 Å². The highest BCUT2D eigenvalue weighted by Crippen LogP contribution is 2.40. The molecule has 162 valence electrons. The van der Waals surface area contributed by atoms with E-state index in [9.17, 15) is 24.8 Å². The predicted octanol–water partition coefficient (Wildman–Crippen LogP) is 1.86. The Kier molecular flexibility index (Phi) is 6.50. The maximum atomic E-state index is 12.9. The van der Waals surface area contributed by atoms with E-state index in [4.69, 9.17) is 0 Å². The largest absolute Gasteiger partial charge is 0.507 e. The van der Waals surface area contributed by atoms with E-state index < -0.39 is 22.7 Å². The number of ketones is 1. The van der Waals surface area contributed by atoms with E-state index in [-0.39, 0.29) is 17.0 Å². The Morgan fingerprint density at radius 2 is 1.84 bits per heavy atom. The van der Waals surface area contributed by atoms with Gasteiger partial charge in [-0.05, 0) is 12.5 Å². The van der Waals surface area contributed by atoms with Gasteiger partial charge in [0.15, 0.2) is 0 Å². The van der Waals surface area contributed by atoms with Crippen LogP contribution in [-0.2, 0) is 9.59 Å². The number of quaternary nitrogens is 1. The Hall–Kier alpha value is -3.52. The SMILES string of the molecule is Cc1ccc(C(O)=C2C(=O)C(=O)N(CCC[NH+](C)C)[C@@H]2c2cccc([N+](=O)[O-])c2)cc1. The molecule has 0 unspecified atom stereocenters. The highest BCUT2D eigenvalue weighted by Gasteiger charge is 2.46. The van der Waals surface area contributed by atoms with Crippen molar-refractivity contribution in [1.82, 2.24) is 4.90 Å². The summed E-state index contributed by atoms with van der Waals surface area (Å²) in [6.45, 7) is 2.98. The van der Waals surface area contributed by atoms with Gasteiger partial charge in [0.2, 0.25) is 0 Å². The van der Waals surface area contributed by atoms with Crippen LogP contribution in [0.2, 0.25) is 0 Å². The third-order valence-electron chi connectivity index (χ3n) is 5.34. The van der Waals surface area contributed by atoms with Crippen molar-refractivity contribution < 1.29 is 24.5 Å². The highest BCUT2D eigenvalue weighted by molar-refractivity contribution is 6.46. The average Bonchev–Trinajstić information content (AvgIpc) is 2.98. The monoisotopic (exact) mass is 424 g/mol. The Balaban J connectivity index is 2.13. The first kappa shape index (κ1) is 22.2. The molecule has 0 aliphatic carbocycles. The lowest BCUT2D eigenvalue weighted by atomic mass is 9.94. The van der Waals surface area contributed by atoms with E-state index in [1.54, 1.807) is 30.3 Å². The summed E-state index contributed by atoms with van der Waals surface area (Å²) >= 11 is 0. The van der Waals surface area contributed by atoms with Crippen LogP contribution in [0, 0.1) is 17.0 Å². The fourth-order valence-corrected chi connectivity index (χ4v) is 3.74. The molecule has 2 aromatic rings. The molecule has 8 heteroatoms. The van der Waals surface area contributed by atoms with Crippen LogP contribution in [0.25, 0.3) is 5.76 Å². The predicted molar refractivity (Wildman–Crippen MR) is 116 cm³/mol. The van der Waals surface area contributed by atoms with Gasteiger partial charge >= 0.3 is 0 Å². The lowest BCUT2D eigenvalue weighted by Crippen LogP contribution is -3.05. The number of Topliss-reactive ketones (excluding diaryl/α,β-unsaturated/α-hetero) is 1. The molecule has 1 aliphatic rings. The summed E-state index contributed by atoms with van der Waals surface area (Å²) in [5.41, 5.74) is 1.62. The molecule has 1 heterocycles. The molecule has 31 heavy (non-hydrogen) atoms. The molecule has 1 saturated heterocycles. The molecule has 0 aromatic heterocycles. The Labute approximate surface area is 180 Å². The van der Waals surface area contributed by atoms with Crippen LogP contribution in [0.15, 0.2) is 54.1 Å². The summed E-state index contributed by atoms with van der Waals surface area (Å²) < 4.78 is 0. The van der Waals surface area contributed by atoms with Crippen LogP contribution in [0.1, 0.15) is 29.2 Å². The molecule has 1 atom stereocenters. The highest BCUT2D eigenvalue weighted by atomic mass is 16.6. The number of aliphatic hydroxyl groups is 1. The molecule has 0 radical (unpaired) electrons. The number of nitrogens with one attached hydrogen (secondary N) is 1. The minimum atomic E-state index is -0.890.